The maximum absolute atomic E-state index is 2.56. The summed E-state index contributed by atoms with van der Waals surface area (Å²) in [4.78, 5) is 0. The van der Waals surface area contributed by atoms with Gasteiger partial charge in [0, 0.05) is 12.3 Å². The Morgan fingerprint density at radius 1 is 1.16 bits per heavy atom. The smallest absolute Gasteiger partial charge is 0.156 e. The molecular formula is C18H26N+. The monoisotopic (exact) mass is 256 g/mol. The van der Waals surface area contributed by atoms with Crippen LogP contribution in [0.1, 0.15) is 45.1 Å². The highest BCUT2D eigenvalue weighted by atomic mass is 15.6. The third kappa shape index (κ3) is 1.40. The number of nitrogens with zero attached hydrogens (tertiary/aromatic N) is 1. The van der Waals surface area contributed by atoms with E-state index in [1.165, 1.54) is 49.8 Å². The molecule has 0 aromatic heterocycles. The van der Waals surface area contributed by atoms with Crippen molar-refractivity contribution in [2.24, 2.45) is 5.92 Å². The lowest BCUT2D eigenvalue weighted by atomic mass is 9.71. The molecule has 1 aromatic rings. The summed E-state index contributed by atoms with van der Waals surface area (Å²) in [5, 5.41) is 0. The minimum absolute atomic E-state index is 0.401. The van der Waals surface area contributed by atoms with Gasteiger partial charge >= 0.3 is 0 Å². The first-order valence-electron chi connectivity index (χ1n) is 8.01. The molecule has 1 aromatic carbocycles. The molecule has 102 valence electrons. The predicted octanol–water partition coefficient (Wildman–Crippen LogP) is 3.74. The number of hydrogen-bond acceptors (Lipinski definition) is 0. The van der Waals surface area contributed by atoms with Crippen molar-refractivity contribution in [3.05, 3.63) is 35.9 Å². The van der Waals surface area contributed by atoms with Crippen LogP contribution in [0.4, 0.5) is 0 Å². The van der Waals surface area contributed by atoms with Crippen LogP contribution < -0.4 is 0 Å². The van der Waals surface area contributed by atoms with Crippen LogP contribution in [0.15, 0.2) is 30.3 Å². The first-order valence-corrected chi connectivity index (χ1v) is 8.01. The van der Waals surface area contributed by atoms with Gasteiger partial charge in [-0.1, -0.05) is 36.8 Å². The summed E-state index contributed by atoms with van der Waals surface area (Å²) in [6, 6.07) is 11.3. The van der Waals surface area contributed by atoms with E-state index < -0.39 is 0 Å². The lowest BCUT2D eigenvalue weighted by Crippen LogP contribution is -2.42. The van der Waals surface area contributed by atoms with Crippen LogP contribution in [0.25, 0.3) is 0 Å². The largest absolute Gasteiger partial charge is 0.308 e. The van der Waals surface area contributed by atoms with Crippen molar-refractivity contribution in [3.8, 4) is 0 Å². The molecule has 2 saturated heterocycles. The van der Waals surface area contributed by atoms with E-state index in [0.717, 1.165) is 5.92 Å². The van der Waals surface area contributed by atoms with E-state index in [-0.39, 0.29) is 0 Å². The van der Waals surface area contributed by atoms with Crippen molar-refractivity contribution in [1.82, 2.24) is 0 Å². The van der Waals surface area contributed by atoms with E-state index in [2.05, 4.69) is 44.2 Å². The Morgan fingerprint density at radius 2 is 1.89 bits per heavy atom. The SMILES string of the molecule is CC1(c2ccccc2)CC[N+]2(CC3CCC3)CC12C. The van der Waals surface area contributed by atoms with Gasteiger partial charge in [-0.05, 0) is 32.3 Å². The summed E-state index contributed by atoms with van der Waals surface area (Å²) in [6.45, 7) is 9.40. The molecule has 1 aliphatic carbocycles. The minimum atomic E-state index is 0.401. The highest BCUT2D eigenvalue weighted by molar-refractivity contribution is 5.33. The van der Waals surface area contributed by atoms with Crippen molar-refractivity contribution >= 4 is 0 Å². The molecule has 4 rings (SSSR count). The molecule has 0 N–H and O–H groups in total. The van der Waals surface area contributed by atoms with Crippen molar-refractivity contribution in [2.45, 2.75) is 50.5 Å². The molecule has 0 spiro atoms. The van der Waals surface area contributed by atoms with Crippen molar-refractivity contribution < 1.29 is 4.48 Å². The molecule has 2 aliphatic heterocycles. The number of piperidine rings is 1. The molecule has 0 bridgehead atoms. The Labute approximate surface area is 117 Å². The summed E-state index contributed by atoms with van der Waals surface area (Å²) in [5.41, 5.74) is 2.49. The highest BCUT2D eigenvalue weighted by Gasteiger charge is 2.78. The zero-order valence-electron chi connectivity index (χ0n) is 12.4. The summed E-state index contributed by atoms with van der Waals surface area (Å²) >= 11 is 0. The molecular weight excluding hydrogens is 230 g/mol. The van der Waals surface area contributed by atoms with Crippen LogP contribution in [0.5, 0.6) is 0 Å². The second kappa shape index (κ2) is 3.63. The average Bonchev–Trinajstić information content (AvgIpc) is 2.93. The molecule has 19 heavy (non-hydrogen) atoms. The van der Waals surface area contributed by atoms with Crippen LogP contribution in [-0.2, 0) is 5.41 Å². The number of benzene rings is 1. The van der Waals surface area contributed by atoms with Gasteiger partial charge in [0.2, 0.25) is 0 Å². The third-order valence-electron chi connectivity index (χ3n) is 7.03. The van der Waals surface area contributed by atoms with Gasteiger partial charge in [0.05, 0.1) is 18.5 Å². The topological polar surface area (TPSA) is 0 Å². The molecule has 0 radical (unpaired) electrons. The van der Waals surface area contributed by atoms with Crippen LogP contribution in [0.2, 0.25) is 0 Å². The first-order chi connectivity index (χ1) is 9.10. The minimum Gasteiger partial charge on any atom is -0.308 e. The van der Waals surface area contributed by atoms with Gasteiger partial charge in [-0.2, -0.15) is 0 Å². The predicted molar refractivity (Wildman–Crippen MR) is 79.0 cm³/mol. The Balaban J connectivity index is 1.63. The molecule has 1 heteroatoms. The number of hydrogen-bond donors (Lipinski definition) is 0. The maximum atomic E-state index is 2.56. The van der Waals surface area contributed by atoms with Crippen LogP contribution >= 0.6 is 0 Å². The number of rotatable bonds is 3. The second-order valence-corrected chi connectivity index (χ2v) is 7.73. The first kappa shape index (κ1) is 12.0. The summed E-state index contributed by atoms with van der Waals surface area (Å²) in [7, 11) is 0. The van der Waals surface area contributed by atoms with E-state index in [1.807, 2.05) is 0 Å². The molecule has 3 fully saturated rings. The summed E-state index contributed by atoms with van der Waals surface area (Å²) in [6.07, 6.45) is 5.85. The quantitative estimate of drug-likeness (QED) is 0.571. The molecule has 3 aliphatic rings. The van der Waals surface area contributed by atoms with Gasteiger partial charge in [-0.25, -0.2) is 0 Å². The van der Waals surface area contributed by atoms with Crippen molar-refractivity contribution in [1.29, 1.82) is 0 Å². The average molecular weight is 256 g/mol. The molecule has 3 unspecified atom stereocenters. The van der Waals surface area contributed by atoms with Gasteiger partial charge in [0.25, 0.3) is 0 Å². The second-order valence-electron chi connectivity index (χ2n) is 7.73. The Morgan fingerprint density at radius 3 is 2.47 bits per heavy atom. The molecule has 3 atom stereocenters. The molecule has 0 amide bonds. The van der Waals surface area contributed by atoms with E-state index >= 15 is 0 Å². The summed E-state index contributed by atoms with van der Waals surface area (Å²) in [5.74, 6) is 1.04. The van der Waals surface area contributed by atoms with E-state index in [0.29, 0.717) is 11.0 Å². The molecule has 1 saturated carbocycles. The van der Waals surface area contributed by atoms with Gasteiger partial charge in [-0.15, -0.1) is 0 Å². The van der Waals surface area contributed by atoms with E-state index in [9.17, 15) is 0 Å². The Kier molecular flexibility index (Phi) is 2.29. The lowest BCUT2D eigenvalue weighted by molar-refractivity contribution is -0.823. The fourth-order valence-corrected chi connectivity index (χ4v) is 5.07. The van der Waals surface area contributed by atoms with Gasteiger partial charge < -0.3 is 4.48 Å². The number of fused-ring (bicyclic) bond motifs is 1. The highest BCUT2D eigenvalue weighted by Crippen LogP contribution is 2.63. The van der Waals surface area contributed by atoms with E-state index in [4.69, 9.17) is 0 Å². The van der Waals surface area contributed by atoms with Gasteiger partial charge in [-0.3, -0.25) is 0 Å². The zero-order chi connectivity index (χ0) is 13.1. The van der Waals surface area contributed by atoms with E-state index in [1.54, 1.807) is 5.56 Å². The van der Waals surface area contributed by atoms with Crippen LogP contribution in [-0.4, -0.2) is 29.7 Å². The standard InChI is InChI=1S/C18H26N/c1-17(16-9-4-3-5-10-16)11-12-19(14-18(17,19)2)13-15-7-6-8-15/h3-5,9-10,15H,6-8,11-14H2,1-2H3/q+1. The summed E-state index contributed by atoms with van der Waals surface area (Å²) < 4.78 is 1.43. The normalized spacial score (nSPS) is 44.7. The molecule has 1 nitrogen and oxygen atoms in total. The lowest BCUT2D eigenvalue weighted by Gasteiger charge is -2.32. The fourth-order valence-electron chi connectivity index (χ4n) is 5.07. The fraction of sp³-hybridized carbons (Fsp3) is 0.667. The maximum Gasteiger partial charge on any atom is 0.156 e. The zero-order valence-corrected chi connectivity index (χ0v) is 12.4. The Hall–Kier alpha value is -0.820. The third-order valence-corrected chi connectivity index (χ3v) is 7.03. The van der Waals surface area contributed by atoms with Crippen LogP contribution in [0, 0.1) is 5.92 Å². The van der Waals surface area contributed by atoms with Gasteiger partial charge in [0.1, 0.15) is 6.54 Å². The van der Waals surface area contributed by atoms with Crippen molar-refractivity contribution in [3.63, 3.8) is 0 Å². The van der Waals surface area contributed by atoms with Crippen molar-refractivity contribution in [2.75, 3.05) is 19.6 Å². The molecule has 2 heterocycles. The number of quaternary nitrogens is 1. The Bertz CT molecular complexity index is 488. The van der Waals surface area contributed by atoms with Gasteiger partial charge in [0.15, 0.2) is 5.54 Å². The van der Waals surface area contributed by atoms with Crippen LogP contribution in [0.3, 0.4) is 0 Å².